The number of benzene rings is 2. The molecule has 2 aromatic carbocycles. The first-order valence-electron chi connectivity index (χ1n) is 10.6. The molecule has 3 aromatic rings. The topological polar surface area (TPSA) is 57.6 Å². The van der Waals surface area contributed by atoms with E-state index < -0.39 is 6.04 Å². The number of carbonyl (C=O) groups excluding carboxylic acids is 2. The summed E-state index contributed by atoms with van der Waals surface area (Å²) in [6.45, 7) is 3.16. The Hall–Kier alpha value is -3.54. The van der Waals surface area contributed by atoms with Crippen LogP contribution in [0, 0.1) is 6.92 Å². The molecule has 1 saturated heterocycles. The van der Waals surface area contributed by atoms with Crippen LogP contribution in [0.3, 0.4) is 0 Å². The minimum atomic E-state index is -0.422. The molecule has 160 valence electrons. The average molecular weight is 417 g/mol. The molecule has 0 aliphatic carbocycles. The van der Waals surface area contributed by atoms with Crippen molar-refractivity contribution < 1.29 is 9.59 Å². The Labute approximate surface area is 183 Å². The van der Waals surface area contributed by atoms with Gasteiger partial charge in [-0.1, -0.05) is 29.8 Å². The summed E-state index contributed by atoms with van der Waals surface area (Å²) in [6, 6.07) is 19.1. The quantitative estimate of drug-likeness (QED) is 0.668. The zero-order valence-corrected chi connectivity index (χ0v) is 18.0. The molecule has 0 unspecified atom stereocenters. The number of likely N-dealkylation sites (tertiary alicyclic amines) is 1. The van der Waals surface area contributed by atoms with Crippen molar-refractivity contribution in [1.29, 1.82) is 0 Å². The summed E-state index contributed by atoms with van der Waals surface area (Å²) in [4.78, 5) is 29.3. The molecule has 0 saturated carbocycles. The van der Waals surface area contributed by atoms with E-state index in [1.54, 1.807) is 16.8 Å². The molecule has 0 radical (unpaired) electrons. The number of hydrogen-bond donors (Lipinski definition) is 1. The van der Waals surface area contributed by atoms with Gasteiger partial charge in [-0.25, -0.2) is 4.79 Å². The maximum atomic E-state index is 13.1. The lowest BCUT2D eigenvalue weighted by molar-refractivity contribution is -0.134. The molecule has 0 spiro atoms. The van der Waals surface area contributed by atoms with Crippen LogP contribution in [0.25, 0.3) is 5.69 Å². The summed E-state index contributed by atoms with van der Waals surface area (Å²) in [7, 11) is 1.80. The van der Waals surface area contributed by atoms with E-state index in [1.165, 1.54) is 5.56 Å². The van der Waals surface area contributed by atoms with Gasteiger partial charge in [0.15, 0.2) is 0 Å². The van der Waals surface area contributed by atoms with Crippen molar-refractivity contribution in [3.8, 4) is 5.69 Å². The third-order valence-corrected chi connectivity index (χ3v) is 5.74. The first-order chi connectivity index (χ1) is 15.0. The van der Waals surface area contributed by atoms with E-state index in [9.17, 15) is 9.59 Å². The lowest BCUT2D eigenvalue weighted by Crippen LogP contribution is -2.47. The number of aryl methyl sites for hydroxylation is 1. The third kappa shape index (κ3) is 4.79. The average Bonchev–Trinajstić information content (AvgIpc) is 3.48. The molecule has 1 fully saturated rings. The number of nitrogens with one attached hydrogen (secondary N) is 1. The third-order valence-electron chi connectivity index (χ3n) is 5.74. The van der Waals surface area contributed by atoms with Crippen LogP contribution in [0.4, 0.5) is 10.5 Å². The van der Waals surface area contributed by atoms with E-state index in [1.807, 2.05) is 84.5 Å². The molecule has 1 aliphatic heterocycles. The maximum absolute atomic E-state index is 13.1. The predicted molar refractivity (Wildman–Crippen MR) is 122 cm³/mol. The summed E-state index contributed by atoms with van der Waals surface area (Å²) in [5.74, 6) is -0.0174. The first-order valence-corrected chi connectivity index (χ1v) is 10.6. The Bertz CT molecular complexity index is 1030. The fourth-order valence-corrected chi connectivity index (χ4v) is 3.99. The zero-order chi connectivity index (χ0) is 21.8. The second kappa shape index (κ2) is 9.08. The number of amides is 3. The fraction of sp³-hybridized carbons (Fsp3) is 0.280. The molecule has 0 bridgehead atoms. The minimum absolute atomic E-state index is 0.0174. The van der Waals surface area contributed by atoms with Crippen LogP contribution in [0.2, 0.25) is 0 Å². The molecule has 1 N–H and O–H groups in total. The van der Waals surface area contributed by atoms with Crippen molar-refractivity contribution in [2.45, 2.75) is 32.4 Å². The van der Waals surface area contributed by atoms with Gasteiger partial charge in [-0.15, -0.1) is 0 Å². The smallest absolute Gasteiger partial charge is 0.322 e. The highest BCUT2D eigenvalue weighted by molar-refractivity contribution is 5.94. The number of likely N-dealkylation sites (N-methyl/N-ethyl adjacent to an activating group) is 1. The number of aromatic nitrogens is 1. The molecule has 1 aliphatic rings. The second-order valence-electron chi connectivity index (χ2n) is 8.10. The largest absolute Gasteiger partial charge is 0.340 e. The first kappa shape index (κ1) is 20.7. The van der Waals surface area contributed by atoms with Gasteiger partial charge >= 0.3 is 6.03 Å². The highest BCUT2D eigenvalue weighted by Gasteiger charge is 2.35. The van der Waals surface area contributed by atoms with Crippen molar-refractivity contribution in [3.05, 3.63) is 84.2 Å². The van der Waals surface area contributed by atoms with Gasteiger partial charge in [0.25, 0.3) is 0 Å². The molecule has 6 nitrogen and oxygen atoms in total. The van der Waals surface area contributed by atoms with Gasteiger partial charge in [0, 0.05) is 43.9 Å². The normalized spacial score (nSPS) is 15.7. The van der Waals surface area contributed by atoms with E-state index >= 15 is 0 Å². The Balaban J connectivity index is 1.38. The molecule has 1 atom stereocenters. The molecule has 31 heavy (non-hydrogen) atoms. The van der Waals surface area contributed by atoms with Crippen LogP contribution in [0.5, 0.6) is 0 Å². The molecule has 2 heterocycles. The lowest BCUT2D eigenvalue weighted by atomic mass is 10.1. The van der Waals surface area contributed by atoms with Gasteiger partial charge in [-0.05, 0) is 61.7 Å². The van der Waals surface area contributed by atoms with Gasteiger partial charge < -0.3 is 19.7 Å². The van der Waals surface area contributed by atoms with Crippen molar-refractivity contribution >= 4 is 17.6 Å². The summed E-state index contributed by atoms with van der Waals surface area (Å²) in [6.07, 6.45) is 5.47. The van der Waals surface area contributed by atoms with Crippen molar-refractivity contribution in [2.75, 3.05) is 18.9 Å². The molecule has 3 amide bonds. The van der Waals surface area contributed by atoms with Crippen LogP contribution in [0.15, 0.2) is 73.1 Å². The number of rotatable bonds is 5. The van der Waals surface area contributed by atoms with Crippen molar-refractivity contribution in [3.63, 3.8) is 0 Å². The number of hydrogen-bond acceptors (Lipinski definition) is 2. The molecule has 6 heteroatoms. The number of nitrogens with zero attached hydrogens (tertiary/aromatic N) is 3. The lowest BCUT2D eigenvalue weighted by Gasteiger charge is -2.28. The zero-order valence-electron chi connectivity index (χ0n) is 18.0. The van der Waals surface area contributed by atoms with Crippen LogP contribution < -0.4 is 5.32 Å². The Morgan fingerprint density at radius 3 is 2.39 bits per heavy atom. The highest BCUT2D eigenvalue weighted by Crippen LogP contribution is 2.22. The van der Waals surface area contributed by atoms with E-state index in [0.717, 1.165) is 17.7 Å². The van der Waals surface area contributed by atoms with E-state index in [0.29, 0.717) is 25.2 Å². The van der Waals surface area contributed by atoms with Crippen LogP contribution in [-0.2, 0) is 11.3 Å². The highest BCUT2D eigenvalue weighted by atomic mass is 16.2. The van der Waals surface area contributed by atoms with E-state index in [2.05, 4.69) is 5.32 Å². The Morgan fingerprint density at radius 1 is 1.03 bits per heavy atom. The Morgan fingerprint density at radius 2 is 1.71 bits per heavy atom. The van der Waals surface area contributed by atoms with Crippen LogP contribution in [-0.4, -0.2) is 45.9 Å². The second-order valence-corrected chi connectivity index (χ2v) is 8.10. The van der Waals surface area contributed by atoms with E-state index in [4.69, 9.17) is 0 Å². The Kier molecular flexibility index (Phi) is 6.07. The summed E-state index contributed by atoms with van der Waals surface area (Å²) < 4.78 is 2.00. The SMILES string of the molecule is Cc1ccc(CN(C)C(=O)[C@H]2CCCN2C(=O)Nc2ccc(-n3cccc3)cc2)cc1. The minimum Gasteiger partial charge on any atom is -0.340 e. The van der Waals surface area contributed by atoms with Gasteiger partial charge in [0.05, 0.1) is 0 Å². The van der Waals surface area contributed by atoms with Crippen molar-refractivity contribution in [1.82, 2.24) is 14.4 Å². The van der Waals surface area contributed by atoms with Crippen LogP contribution >= 0.6 is 0 Å². The van der Waals surface area contributed by atoms with Gasteiger partial charge in [-0.2, -0.15) is 0 Å². The fourth-order valence-electron chi connectivity index (χ4n) is 3.99. The molecular weight excluding hydrogens is 388 g/mol. The number of carbonyl (C=O) groups is 2. The van der Waals surface area contributed by atoms with Gasteiger partial charge in [-0.3, -0.25) is 4.79 Å². The maximum Gasteiger partial charge on any atom is 0.322 e. The van der Waals surface area contributed by atoms with Gasteiger partial charge in [0.2, 0.25) is 5.91 Å². The monoisotopic (exact) mass is 416 g/mol. The van der Waals surface area contributed by atoms with Gasteiger partial charge in [0.1, 0.15) is 6.04 Å². The standard InChI is InChI=1S/C25H28N4O2/c1-19-7-9-20(10-8-19)18-27(2)24(30)23-6-5-17-29(23)25(31)26-21-11-13-22(14-12-21)28-15-3-4-16-28/h3-4,7-16,23H,5-6,17-18H2,1-2H3,(H,26,31)/t23-/m1/s1. The summed E-state index contributed by atoms with van der Waals surface area (Å²) >= 11 is 0. The summed E-state index contributed by atoms with van der Waals surface area (Å²) in [5.41, 5.74) is 4.01. The summed E-state index contributed by atoms with van der Waals surface area (Å²) in [5, 5.41) is 2.94. The molecule has 1 aromatic heterocycles. The molecule has 4 rings (SSSR count). The van der Waals surface area contributed by atoms with Crippen molar-refractivity contribution in [2.24, 2.45) is 0 Å². The number of urea groups is 1. The predicted octanol–water partition coefficient (Wildman–Crippen LogP) is 4.44. The molecular formula is C25H28N4O2. The number of anilines is 1. The van der Waals surface area contributed by atoms with Crippen LogP contribution in [0.1, 0.15) is 24.0 Å². The van der Waals surface area contributed by atoms with E-state index in [-0.39, 0.29) is 11.9 Å².